The van der Waals surface area contributed by atoms with Gasteiger partial charge in [-0.25, -0.2) is 0 Å². The smallest absolute Gasteiger partial charge is 0.325 e. The highest BCUT2D eigenvalue weighted by molar-refractivity contribution is 5.93. The van der Waals surface area contributed by atoms with Gasteiger partial charge in [-0.1, -0.05) is 0 Å². The van der Waals surface area contributed by atoms with Crippen molar-refractivity contribution in [3.05, 3.63) is 0 Å². The first-order valence-corrected chi connectivity index (χ1v) is 6.95. The van der Waals surface area contributed by atoms with Gasteiger partial charge >= 0.3 is 5.97 Å². The van der Waals surface area contributed by atoms with Crippen molar-refractivity contribution in [1.82, 2.24) is 10.6 Å². The molecule has 0 aromatic rings. The van der Waals surface area contributed by atoms with Crippen LogP contribution in [0.4, 0.5) is 0 Å². The van der Waals surface area contributed by atoms with E-state index < -0.39 is 42.2 Å². The van der Waals surface area contributed by atoms with E-state index in [4.69, 9.17) is 20.3 Å². The lowest BCUT2D eigenvalue weighted by atomic mass is 10.1. The Morgan fingerprint density at radius 1 is 1.13 bits per heavy atom. The Kier molecular flexibility index (Phi) is 10.3. The summed E-state index contributed by atoms with van der Waals surface area (Å²) in [6, 6.07) is -2.40. The number of carbonyl (C=O) groups is 4. The fourth-order valence-electron chi connectivity index (χ4n) is 1.46. The molecule has 2 atom stereocenters. The number of ether oxygens (including phenoxy) is 2. The van der Waals surface area contributed by atoms with Crippen LogP contribution in [0, 0.1) is 0 Å². The molecule has 0 aliphatic heterocycles. The molecular formula is C13H23N3O7. The second kappa shape index (κ2) is 11.4. The molecule has 5 N–H and O–H groups in total. The number of carbonyl (C=O) groups excluding carboxylic acids is 3. The number of carboxylic acids is 1. The highest BCUT2D eigenvalue weighted by atomic mass is 16.5. The molecule has 10 nitrogen and oxygen atoms in total. The molecule has 0 aromatic carbocycles. The van der Waals surface area contributed by atoms with Crippen LogP contribution in [0.15, 0.2) is 0 Å². The van der Waals surface area contributed by atoms with Crippen LogP contribution >= 0.6 is 0 Å². The Balaban J connectivity index is 4.42. The van der Waals surface area contributed by atoms with Gasteiger partial charge in [0.25, 0.3) is 0 Å². The first-order valence-electron chi connectivity index (χ1n) is 6.95. The first kappa shape index (κ1) is 20.8. The molecule has 0 aliphatic rings. The van der Waals surface area contributed by atoms with Crippen molar-refractivity contribution >= 4 is 23.7 Å². The molecule has 0 spiro atoms. The zero-order valence-electron chi connectivity index (χ0n) is 13.2. The molecule has 3 amide bonds. The van der Waals surface area contributed by atoms with Gasteiger partial charge in [-0.15, -0.1) is 0 Å². The van der Waals surface area contributed by atoms with Crippen LogP contribution in [-0.2, 0) is 28.7 Å². The SMILES string of the molecule is COCCOCCC(=O)N[C@H](CC(N)=O)C(=O)N[C@@H](C)C(=O)O. The van der Waals surface area contributed by atoms with Gasteiger partial charge in [0.15, 0.2) is 0 Å². The summed E-state index contributed by atoms with van der Waals surface area (Å²) in [5, 5.41) is 13.2. The molecule has 132 valence electrons. The lowest BCUT2D eigenvalue weighted by molar-refractivity contribution is -0.141. The minimum Gasteiger partial charge on any atom is -0.480 e. The van der Waals surface area contributed by atoms with E-state index in [9.17, 15) is 19.2 Å². The van der Waals surface area contributed by atoms with Crippen LogP contribution < -0.4 is 16.4 Å². The van der Waals surface area contributed by atoms with Crippen molar-refractivity contribution in [3.63, 3.8) is 0 Å². The van der Waals surface area contributed by atoms with Gasteiger partial charge in [0.2, 0.25) is 17.7 Å². The van der Waals surface area contributed by atoms with Crippen molar-refractivity contribution < 1.29 is 33.8 Å². The van der Waals surface area contributed by atoms with Crippen molar-refractivity contribution in [1.29, 1.82) is 0 Å². The van der Waals surface area contributed by atoms with E-state index in [1.807, 2.05) is 0 Å². The van der Waals surface area contributed by atoms with Gasteiger partial charge in [-0.3, -0.25) is 19.2 Å². The maximum absolute atomic E-state index is 11.9. The maximum Gasteiger partial charge on any atom is 0.325 e. The van der Waals surface area contributed by atoms with Gasteiger partial charge in [-0.05, 0) is 6.92 Å². The number of aliphatic carboxylic acids is 1. The molecule has 23 heavy (non-hydrogen) atoms. The maximum atomic E-state index is 11.9. The molecule has 10 heteroatoms. The highest BCUT2D eigenvalue weighted by Gasteiger charge is 2.25. The fraction of sp³-hybridized carbons (Fsp3) is 0.692. The minimum absolute atomic E-state index is 0.0270. The van der Waals surface area contributed by atoms with Gasteiger partial charge in [0.1, 0.15) is 12.1 Å². The number of hydrogen-bond donors (Lipinski definition) is 4. The average molecular weight is 333 g/mol. The third-order valence-corrected chi connectivity index (χ3v) is 2.69. The monoisotopic (exact) mass is 333 g/mol. The quantitative estimate of drug-likeness (QED) is 0.300. The predicted octanol–water partition coefficient (Wildman–Crippen LogP) is -2.01. The summed E-state index contributed by atoms with van der Waals surface area (Å²) in [5.41, 5.74) is 5.03. The third kappa shape index (κ3) is 10.2. The number of rotatable bonds is 12. The summed E-state index contributed by atoms with van der Waals surface area (Å²) in [6.07, 6.45) is -0.463. The van der Waals surface area contributed by atoms with Crippen molar-refractivity contribution in [2.45, 2.75) is 31.8 Å². The van der Waals surface area contributed by atoms with E-state index in [-0.39, 0.29) is 13.0 Å². The average Bonchev–Trinajstić information content (AvgIpc) is 2.45. The van der Waals surface area contributed by atoms with Crippen LogP contribution in [-0.4, -0.2) is 67.8 Å². The standard InChI is InChI=1S/C13H23N3O7/c1-8(13(20)21)15-12(19)9(7-10(14)17)16-11(18)3-4-23-6-5-22-2/h8-9H,3-7H2,1-2H3,(H2,14,17)(H,15,19)(H,16,18)(H,20,21)/t8-,9+/m0/s1. The topological polar surface area (TPSA) is 157 Å². The Morgan fingerprint density at radius 3 is 2.30 bits per heavy atom. The van der Waals surface area contributed by atoms with Gasteiger partial charge in [-0.2, -0.15) is 0 Å². The Hall–Kier alpha value is -2.20. The molecule has 0 bridgehead atoms. The number of primary amides is 1. The number of nitrogens with two attached hydrogens (primary N) is 1. The van der Waals surface area contributed by atoms with Crippen molar-refractivity contribution in [2.75, 3.05) is 26.9 Å². The number of methoxy groups -OCH3 is 1. The summed E-state index contributed by atoms with van der Waals surface area (Å²) >= 11 is 0. The van der Waals surface area contributed by atoms with E-state index in [2.05, 4.69) is 10.6 Å². The molecule has 0 heterocycles. The summed E-state index contributed by atoms with van der Waals surface area (Å²) in [4.78, 5) is 45.3. The fourth-order valence-corrected chi connectivity index (χ4v) is 1.46. The second-order valence-corrected chi connectivity index (χ2v) is 4.71. The molecule has 0 saturated heterocycles. The predicted molar refractivity (Wildman–Crippen MR) is 78.3 cm³/mol. The van der Waals surface area contributed by atoms with Crippen LogP contribution in [0.5, 0.6) is 0 Å². The number of nitrogens with one attached hydrogen (secondary N) is 2. The second-order valence-electron chi connectivity index (χ2n) is 4.71. The first-order chi connectivity index (χ1) is 10.8. The van der Waals surface area contributed by atoms with Gasteiger partial charge in [0.05, 0.1) is 26.2 Å². The molecule has 0 unspecified atom stereocenters. The van der Waals surface area contributed by atoms with Crippen molar-refractivity contribution in [3.8, 4) is 0 Å². The molecule has 0 aliphatic carbocycles. The molecular weight excluding hydrogens is 310 g/mol. The van der Waals surface area contributed by atoms with Crippen LogP contribution in [0.2, 0.25) is 0 Å². The third-order valence-electron chi connectivity index (χ3n) is 2.69. The van der Waals surface area contributed by atoms with Crippen molar-refractivity contribution in [2.24, 2.45) is 5.73 Å². The number of carboxylic acid groups (broad SMARTS) is 1. The van der Waals surface area contributed by atoms with E-state index in [0.29, 0.717) is 13.2 Å². The lowest BCUT2D eigenvalue weighted by Crippen LogP contribution is -2.52. The Bertz CT molecular complexity index is 428. The van der Waals surface area contributed by atoms with Crippen LogP contribution in [0.3, 0.4) is 0 Å². The summed E-state index contributed by atoms with van der Waals surface area (Å²) < 4.78 is 9.88. The Morgan fingerprint density at radius 2 is 1.78 bits per heavy atom. The van der Waals surface area contributed by atoms with Crippen LogP contribution in [0.1, 0.15) is 19.8 Å². The largest absolute Gasteiger partial charge is 0.480 e. The van der Waals surface area contributed by atoms with Crippen LogP contribution in [0.25, 0.3) is 0 Å². The molecule has 0 saturated carbocycles. The zero-order valence-corrected chi connectivity index (χ0v) is 13.2. The normalized spacial score (nSPS) is 13.0. The van der Waals surface area contributed by atoms with E-state index >= 15 is 0 Å². The molecule has 0 fully saturated rings. The molecule has 0 aromatic heterocycles. The number of amides is 3. The van der Waals surface area contributed by atoms with Gasteiger partial charge < -0.3 is 30.9 Å². The van der Waals surface area contributed by atoms with E-state index in [1.54, 1.807) is 0 Å². The van der Waals surface area contributed by atoms with Gasteiger partial charge in [0, 0.05) is 13.5 Å². The van der Waals surface area contributed by atoms with E-state index in [1.165, 1.54) is 14.0 Å². The summed E-state index contributed by atoms with van der Waals surface area (Å²) in [5.74, 6) is -3.36. The Labute approximate surface area is 133 Å². The molecule has 0 radical (unpaired) electrons. The lowest BCUT2D eigenvalue weighted by Gasteiger charge is -2.18. The highest BCUT2D eigenvalue weighted by Crippen LogP contribution is 1.96. The minimum atomic E-state index is -1.24. The number of hydrogen-bond acceptors (Lipinski definition) is 6. The zero-order chi connectivity index (χ0) is 17.8. The summed E-state index contributed by atoms with van der Waals surface area (Å²) in [6.45, 7) is 2.09. The summed E-state index contributed by atoms with van der Waals surface area (Å²) in [7, 11) is 1.52. The molecule has 0 rings (SSSR count). The van der Waals surface area contributed by atoms with E-state index in [0.717, 1.165) is 0 Å².